The second kappa shape index (κ2) is 5.76. The van der Waals surface area contributed by atoms with Gasteiger partial charge < -0.3 is 15.0 Å². The van der Waals surface area contributed by atoms with Crippen LogP contribution in [0.4, 0.5) is 13.2 Å². The van der Waals surface area contributed by atoms with Crippen molar-refractivity contribution in [1.82, 2.24) is 9.55 Å². The molecule has 1 aromatic carbocycles. The predicted molar refractivity (Wildman–Crippen MR) is 83.8 cm³/mol. The summed E-state index contributed by atoms with van der Waals surface area (Å²) in [5, 5.41) is 0.346. The van der Waals surface area contributed by atoms with Crippen LogP contribution in [-0.2, 0) is 6.54 Å². The van der Waals surface area contributed by atoms with Crippen molar-refractivity contribution in [3.8, 4) is 5.75 Å². The van der Waals surface area contributed by atoms with Crippen molar-refractivity contribution in [2.45, 2.75) is 12.7 Å². The lowest BCUT2D eigenvalue weighted by atomic mass is 10.1. The Bertz CT molecular complexity index is 1010. The Kier molecular flexibility index (Phi) is 3.86. The number of nitrogens with two attached hydrogens (primary N) is 1. The number of rotatable bonds is 4. The van der Waals surface area contributed by atoms with Crippen LogP contribution in [0.1, 0.15) is 20.7 Å². The minimum absolute atomic E-state index is 0.00539. The van der Waals surface area contributed by atoms with E-state index in [9.17, 15) is 22.8 Å². The van der Waals surface area contributed by atoms with E-state index in [1.807, 2.05) is 0 Å². The molecule has 0 saturated heterocycles. The quantitative estimate of drug-likeness (QED) is 0.732. The van der Waals surface area contributed by atoms with E-state index in [1.54, 1.807) is 0 Å². The number of aromatic nitrogens is 2. The Morgan fingerprint density at radius 3 is 2.68 bits per heavy atom. The van der Waals surface area contributed by atoms with Crippen LogP contribution in [0.15, 0.2) is 24.4 Å². The number of fused-ring (bicyclic) bond motifs is 3. The summed E-state index contributed by atoms with van der Waals surface area (Å²) in [6.45, 7) is -1.31. The van der Waals surface area contributed by atoms with Crippen LogP contribution in [0.2, 0.25) is 0 Å². The van der Waals surface area contributed by atoms with E-state index in [0.29, 0.717) is 17.2 Å². The van der Waals surface area contributed by atoms with Crippen molar-refractivity contribution >= 4 is 34.1 Å². The molecule has 6 nitrogen and oxygen atoms in total. The van der Waals surface area contributed by atoms with Gasteiger partial charge in [-0.25, -0.2) is 0 Å². The van der Waals surface area contributed by atoms with Crippen LogP contribution in [-0.4, -0.2) is 35.0 Å². The van der Waals surface area contributed by atoms with Gasteiger partial charge in [0.05, 0.1) is 18.1 Å². The van der Waals surface area contributed by atoms with Gasteiger partial charge in [-0.3, -0.25) is 14.6 Å². The summed E-state index contributed by atoms with van der Waals surface area (Å²) in [5.74, 6) is -0.964. The van der Waals surface area contributed by atoms with Crippen LogP contribution >= 0.6 is 0 Å². The molecule has 3 aromatic rings. The first-order valence-corrected chi connectivity index (χ1v) is 7.07. The third kappa shape index (κ3) is 2.77. The molecule has 0 saturated carbocycles. The average Bonchev–Trinajstić information content (AvgIpc) is 2.85. The number of carbonyl (C=O) groups is 2. The molecular formula is C16H12F3N3O3. The minimum atomic E-state index is -4.52. The predicted octanol–water partition coefficient (Wildman–Crippen LogP) is 2.67. The van der Waals surface area contributed by atoms with Crippen LogP contribution in [0.3, 0.4) is 0 Å². The van der Waals surface area contributed by atoms with Crippen molar-refractivity contribution in [3.63, 3.8) is 0 Å². The van der Waals surface area contributed by atoms with E-state index in [1.165, 1.54) is 25.3 Å². The maximum Gasteiger partial charge on any atom is 0.406 e. The maximum atomic E-state index is 13.1. The summed E-state index contributed by atoms with van der Waals surface area (Å²) < 4.78 is 45.4. The molecule has 2 N–H and O–H groups in total. The van der Waals surface area contributed by atoms with Gasteiger partial charge in [-0.05, 0) is 18.2 Å². The van der Waals surface area contributed by atoms with Gasteiger partial charge in [0, 0.05) is 17.1 Å². The van der Waals surface area contributed by atoms with Crippen molar-refractivity contribution in [2.24, 2.45) is 5.73 Å². The van der Waals surface area contributed by atoms with Crippen molar-refractivity contribution in [1.29, 1.82) is 0 Å². The van der Waals surface area contributed by atoms with E-state index in [0.717, 1.165) is 10.8 Å². The lowest BCUT2D eigenvalue weighted by molar-refractivity contribution is -0.139. The zero-order valence-electron chi connectivity index (χ0n) is 12.9. The average molecular weight is 351 g/mol. The number of benzene rings is 1. The number of halogens is 3. The first-order chi connectivity index (χ1) is 11.8. The second-order valence-corrected chi connectivity index (χ2v) is 5.36. The Morgan fingerprint density at radius 1 is 1.40 bits per heavy atom. The zero-order chi connectivity index (χ0) is 18.4. The second-order valence-electron chi connectivity index (χ2n) is 5.36. The molecular weight excluding hydrogens is 339 g/mol. The smallest absolute Gasteiger partial charge is 0.406 e. The van der Waals surface area contributed by atoms with Crippen molar-refractivity contribution in [2.75, 3.05) is 7.11 Å². The number of hydrogen-bond acceptors (Lipinski definition) is 4. The number of aldehydes is 1. The number of amides is 1. The molecule has 0 spiro atoms. The standard InChI is InChI=1S/C16H12F3N3O3/c1-25-14-10(15(20)24)5-21-12-9-4-8(6-23)2-3-11(9)22(13(12)14)7-16(17,18)19/h2-6H,7H2,1H3,(H2,20,24). The molecule has 25 heavy (non-hydrogen) atoms. The third-order valence-corrected chi connectivity index (χ3v) is 3.79. The summed E-state index contributed by atoms with van der Waals surface area (Å²) in [6, 6.07) is 4.24. The molecule has 0 aliphatic rings. The molecule has 0 unspecified atom stereocenters. The molecule has 2 heterocycles. The highest BCUT2D eigenvalue weighted by molar-refractivity contribution is 6.11. The van der Waals surface area contributed by atoms with Gasteiger partial charge in [-0.15, -0.1) is 0 Å². The molecule has 0 fully saturated rings. The van der Waals surface area contributed by atoms with E-state index >= 15 is 0 Å². The largest absolute Gasteiger partial charge is 0.494 e. The number of alkyl halides is 3. The Labute approximate surface area is 139 Å². The molecule has 3 rings (SSSR count). The number of methoxy groups -OCH3 is 1. The Morgan fingerprint density at radius 2 is 2.12 bits per heavy atom. The molecule has 1 amide bonds. The molecule has 130 valence electrons. The molecule has 0 bridgehead atoms. The fourth-order valence-corrected chi connectivity index (χ4v) is 2.83. The number of pyridine rings is 1. The number of primary amides is 1. The number of nitrogens with zero attached hydrogens (tertiary/aromatic N) is 2. The number of ether oxygens (including phenoxy) is 1. The van der Waals surface area contributed by atoms with E-state index in [4.69, 9.17) is 10.5 Å². The monoisotopic (exact) mass is 351 g/mol. The highest BCUT2D eigenvalue weighted by Gasteiger charge is 2.31. The molecule has 9 heteroatoms. The van der Waals surface area contributed by atoms with Crippen molar-refractivity contribution < 1.29 is 27.5 Å². The molecule has 2 aromatic heterocycles. The summed E-state index contributed by atoms with van der Waals surface area (Å²) in [7, 11) is 1.23. The fraction of sp³-hybridized carbons (Fsp3) is 0.188. The lowest BCUT2D eigenvalue weighted by Crippen LogP contribution is -2.18. The normalized spacial score (nSPS) is 11.8. The van der Waals surface area contributed by atoms with Gasteiger partial charge >= 0.3 is 6.18 Å². The Hall–Kier alpha value is -3.10. The Balaban J connectivity index is 2.50. The van der Waals surface area contributed by atoms with Gasteiger partial charge in [0.15, 0.2) is 5.75 Å². The van der Waals surface area contributed by atoms with Crippen LogP contribution in [0.5, 0.6) is 5.75 Å². The van der Waals surface area contributed by atoms with E-state index in [2.05, 4.69) is 4.98 Å². The topological polar surface area (TPSA) is 87.2 Å². The SMILES string of the molecule is COc1c(C(N)=O)cnc2c3cc(C=O)ccc3n(CC(F)(F)F)c12. The summed E-state index contributed by atoms with van der Waals surface area (Å²) in [4.78, 5) is 26.6. The molecule has 0 atom stereocenters. The molecule has 0 radical (unpaired) electrons. The number of hydrogen-bond donors (Lipinski definition) is 1. The summed E-state index contributed by atoms with van der Waals surface area (Å²) in [6.07, 6.45) is -2.79. The molecule has 0 aliphatic carbocycles. The lowest BCUT2D eigenvalue weighted by Gasteiger charge is -2.13. The first kappa shape index (κ1) is 16.7. The fourth-order valence-electron chi connectivity index (χ4n) is 2.83. The summed E-state index contributed by atoms with van der Waals surface area (Å²) >= 11 is 0. The van der Waals surface area contributed by atoms with E-state index in [-0.39, 0.29) is 27.9 Å². The van der Waals surface area contributed by atoms with Gasteiger partial charge in [0.2, 0.25) is 0 Å². The van der Waals surface area contributed by atoms with Crippen molar-refractivity contribution in [3.05, 3.63) is 35.5 Å². The highest BCUT2D eigenvalue weighted by atomic mass is 19.4. The van der Waals surface area contributed by atoms with Gasteiger partial charge in [0.25, 0.3) is 5.91 Å². The third-order valence-electron chi connectivity index (χ3n) is 3.79. The molecule has 0 aliphatic heterocycles. The van der Waals surface area contributed by atoms with E-state index < -0.39 is 18.6 Å². The van der Waals surface area contributed by atoms with Gasteiger partial charge in [-0.2, -0.15) is 13.2 Å². The van der Waals surface area contributed by atoms with Gasteiger partial charge in [0.1, 0.15) is 23.9 Å². The first-order valence-electron chi connectivity index (χ1n) is 7.07. The zero-order valence-corrected chi connectivity index (χ0v) is 12.9. The highest BCUT2D eigenvalue weighted by Crippen LogP contribution is 2.37. The summed E-state index contributed by atoms with van der Waals surface area (Å²) in [5.41, 5.74) is 5.82. The minimum Gasteiger partial charge on any atom is -0.494 e. The van der Waals surface area contributed by atoms with Crippen LogP contribution in [0, 0.1) is 0 Å². The number of carbonyl (C=O) groups excluding carboxylic acids is 2. The van der Waals surface area contributed by atoms with Crippen LogP contribution < -0.4 is 10.5 Å². The van der Waals surface area contributed by atoms with Gasteiger partial charge in [-0.1, -0.05) is 0 Å². The van der Waals surface area contributed by atoms with Crippen LogP contribution in [0.25, 0.3) is 21.9 Å². The maximum absolute atomic E-state index is 13.1.